The molecular formula is C30H29F2N3O2. The fourth-order valence-electron chi connectivity index (χ4n) is 5.37. The maximum Gasteiger partial charge on any atom is 0.270 e. The van der Waals surface area contributed by atoms with Crippen molar-refractivity contribution in [2.75, 3.05) is 7.11 Å². The van der Waals surface area contributed by atoms with Gasteiger partial charge in [-0.2, -0.15) is 0 Å². The number of pyridine rings is 2. The van der Waals surface area contributed by atoms with Crippen molar-refractivity contribution in [3.05, 3.63) is 89.9 Å². The number of carbonyl (C=O) groups excluding carboxylic acids is 1. The maximum absolute atomic E-state index is 14.0. The highest BCUT2D eigenvalue weighted by atomic mass is 19.1. The summed E-state index contributed by atoms with van der Waals surface area (Å²) in [4.78, 5) is 21.5. The lowest BCUT2D eigenvalue weighted by Crippen LogP contribution is -2.39. The van der Waals surface area contributed by atoms with E-state index in [2.05, 4.69) is 15.3 Å². The summed E-state index contributed by atoms with van der Waals surface area (Å²) in [6.07, 6.45) is 7.28. The van der Waals surface area contributed by atoms with Crippen molar-refractivity contribution in [2.24, 2.45) is 5.92 Å². The summed E-state index contributed by atoms with van der Waals surface area (Å²) in [5.41, 5.74) is 3.67. The van der Waals surface area contributed by atoms with Crippen LogP contribution in [0.15, 0.2) is 67.0 Å². The van der Waals surface area contributed by atoms with Crippen molar-refractivity contribution < 1.29 is 18.3 Å². The first-order valence-electron chi connectivity index (χ1n) is 12.6. The fraction of sp³-hybridized carbons (Fsp3) is 0.300. The summed E-state index contributed by atoms with van der Waals surface area (Å²) in [6.45, 7) is 2.04. The molecule has 7 heteroatoms. The second kappa shape index (κ2) is 10.6. The zero-order chi connectivity index (χ0) is 25.9. The second-order valence-electron chi connectivity index (χ2n) is 9.72. The van der Waals surface area contributed by atoms with Gasteiger partial charge in [-0.1, -0.05) is 12.1 Å². The summed E-state index contributed by atoms with van der Waals surface area (Å²) >= 11 is 0. The van der Waals surface area contributed by atoms with Gasteiger partial charge in [-0.05, 0) is 98.0 Å². The number of carbonyl (C=O) groups is 1. The number of nitrogens with zero attached hydrogens (tertiary/aromatic N) is 2. The summed E-state index contributed by atoms with van der Waals surface area (Å²) in [6, 6.07) is 14.9. The molecule has 2 aromatic carbocycles. The number of nitrogens with one attached hydrogen (secondary N) is 1. The molecule has 5 nitrogen and oxygen atoms in total. The molecule has 0 saturated heterocycles. The molecule has 1 saturated carbocycles. The first kappa shape index (κ1) is 24.8. The Kier molecular flexibility index (Phi) is 7.12. The van der Waals surface area contributed by atoms with Gasteiger partial charge in [-0.3, -0.25) is 14.8 Å². The Hall–Kier alpha value is -3.87. The van der Waals surface area contributed by atoms with Crippen molar-refractivity contribution in [3.8, 4) is 16.9 Å². The van der Waals surface area contributed by atoms with Crippen LogP contribution in [0.25, 0.3) is 22.0 Å². The smallest absolute Gasteiger partial charge is 0.270 e. The van der Waals surface area contributed by atoms with Gasteiger partial charge in [0.2, 0.25) is 0 Å². The number of benzene rings is 2. The summed E-state index contributed by atoms with van der Waals surface area (Å²) < 4.78 is 32.9. The Balaban J connectivity index is 1.19. The quantitative estimate of drug-likeness (QED) is 0.320. The highest BCUT2D eigenvalue weighted by molar-refractivity contribution is 5.92. The predicted octanol–water partition coefficient (Wildman–Crippen LogP) is 6.68. The van der Waals surface area contributed by atoms with Gasteiger partial charge in [0.15, 0.2) is 11.6 Å². The van der Waals surface area contributed by atoms with Crippen LogP contribution in [0.1, 0.15) is 54.6 Å². The average Bonchev–Trinajstić information content (AvgIpc) is 2.92. The zero-order valence-electron chi connectivity index (χ0n) is 20.9. The van der Waals surface area contributed by atoms with Gasteiger partial charge in [0, 0.05) is 29.4 Å². The lowest BCUT2D eigenvalue weighted by molar-refractivity contribution is 0.0913. The topological polar surface area (TPSA) is 64.1 Å². The fourth-order valence-corrected chi connectivity index (χ4v) is 5.37. The van der Waals surface area contributed by atoms with Crippen molar-refractivity contribution in [1.82, 2.24) is 15.3 Å². The normalized spacial score (nSPS) is 18.4. The van der Waals surface area contributed by atoms with E-state index in [1.807, 2.05) is 13.0 Å². The van der Waals surface area contributed by atoms with Crippen molar-refractivity contribution in [3.63, 3.8) is 0 Å². The molecule has 2 heterocycles. The molecule has 37 heavy (non-hydrogen) atoms. The molecule has 0 unspecified atom stereocenters. The predicted molar refractivity (Wildman–Crippen MR) is 140 cm³/mol. The number of methoxy groups -OCH3 is 1. The van der Waals surface area contributed by atoms with E-state index in [4.69, 9.17) is 4.74 Å². The Labute approximate surface area is 214 Å². The number of ether oxygens (including phenoxy) is 1. The summed E-state index contributed by atoms with van der Waals surface area (Å²) in [5.74, 6) is -0.0364. The SMILES string of the molecule is COc1ccc(-c2ccc(C(=O)N[C@H](C)[C@H]3CC[C@@H](c4ccnc5ccc(F)cc54)CC3)nc2)cc1F. The van der Waals surface area contributed by atoms with E-state index in [1.165, 1.54) is 19.2 Å². The van der Waals surface area contributed by atoms with Gasteiger partial charge in [0.05, 0.1) is 12.6 Å². The zero-order valence-corrected chi connectivity index (χ0v) is 20.9. The molecule has 0 radical (unpaired) electrons. The Morgan fingerprint density at radius 1 is 0.973 bits per heavy atom. The molecule has 1 amide bonds. The monoisotopic (exact) mass is 501 g/mol. The van der Waals surface area contributed by atoms with Gasteiger partial charge in [-0.25, -0.2) is 8.78 Å². The van der Waals surface area contributed by atoms with Gasteiger partial charge in [0.25, 0.3) is 5.91 Å². The molecule has 1 N–H and O–H groups in total. The minimum atomic E-state index is -0.449. The standard InChI is InChI=1S/C30H29F2N3O2/c1-18(19-3-5-20(6-4-19)24-13-14-33-27-11-9-23(31)16-25(24)27)35-30(36)28-10-7-22(17-34-28)21-8-12-29(37-2)26(32)15-21/h7-20H,3-6H2,1-2H3,(H,35,36)/t18-,19-,20+/m1/s1. The Morgan fingerprint density at radius 2 is 1.76 bits per heavy atom. The van der Waals surface area contributed by atoms with Gasteiger partial charge in [0.1, 0.15) is 11.5 Å². The first-order chi connectivity index (χ1) is 17.9. The Morgan fingerprint density at radius 3 is 2.46 bits per heavy atom. The van der Waals surface area contributed by atoms with Crippen molar-refractivity contribution in [2.45, 2.75) is 44.6 Å². The van der Waals surface area contributed by atoms with E-state index in [0.29, 0.717) is 28.7 Å². The molecule has 1 fully saturated rings. The second-order valence-corrected chi connectivity index (χ2v) is 9.72. The molecule has 1 atom stereocenters. The molecule has 1 aliphatic rings. The molecule has 4 aromatic rings. The summed E-state index contributed by atoms with van der Waals surface area (Å²) in [5, 5.41) is 3.99. The van der Waals surface area contributed by atoms with E-state index in [-0.39, 0.29) is 23.5 Å². The van der Waals surface area contributed by atoms with Crippen LogP contribution < -0.4 is 10.1 Å². The third-order valence-corrected chi connectivity index (χ3v) is 7.50. The lowest BCUT2D eigenvalue weighted by atomic mass is 9.75. The molecule has 1 aliphatic carbocycles. The lowest BCUT2D eigenvalue weighted by Gasteiger charge is -2.33. The molecule has 190 valence electrons. The third-order valence-electron chi connectivity index (χ3n) is 7.50. The van der Waals surface area contributed by atoms with Gasteiger partial charge < -0.3 is 10.1 Å². The van der Waals surface area contributed by atoms with E-state index < -0.39 is 5.82 Å². The van der Waals surface area contributed by atoms with Crippen molar-refractivity contribution in [1.29, 1.82) is 0 Å². The number of fused-ring (bicyclic) bond motifs is 1. The number of halogens is 2. The summed E-state index contributed by atoms with van der Waals surface area (Å²) in [7, 11) is 1.42. The van der Waals surface area contributed by atoms with Crippen LogP contribution in [-0.4, -0.2) is 29.0 Å². The minimum Gasteiger partial charge on any atom is -0.494 e. The van der Waals surface area contributed by atoms with Crippen LogP contribution in [-0.2, 0) is 0 Å². The Bertz CT molecular complexity index is 1420. The highest BCUT2D eigenvalue weighted by Gasteiger charge is 2.28. The van der Waals surface area contributed by atoms with Crippen LogP contribution >= 0.6 is 0 Å². The number of rotatable bonds is 6. The number of amides is 1. The van der Waals surface area contributed by atoms with Crippen LogP contribution in [0, 0.1) is 17.6 Å². The molecular weight excluding hydrogens is 472 g/mol. The maximum atomic E-state index is 14.0. The van der Waals surface area contributed by atoms with Crippen LogP contribution in [0.3, 0.4) is 0 Å². The van der Waals surface area contributed by atoms with E-state index in [1.54, 1.807) is 48.8 Å². The van der Waals surface area contributed by atoms with Crippen LogP contribution in [0.2, 0.25) is 0 Å². The van der Waals surface area contributed by atoms with Crippen molar-refractivity contribution >= 4 is 16.8 Å². The molecule has 0 bridgehead atoms. The average molecular weight is 502 g/mol. The van der Waals surface area contributed by atoms with Gasteiger partial charge in [-0.15, -0.1) is 0 Å². The molecule has 2 aromatic heterocycles. The minimum absolute atomic E-state index is 0.00256. The van der Waals surface area contributed by atoms with Gasteiger partial charge >= 0.3 is 0 Å². The van der Waals surface area contributed by atoms with E-state index in [0.717, 1.165) is 42.1 Å². The van der Waals surface area contributed by atoms with E-state index >= 15 is 0 Å². The third kappa shape index (κ3) is 5.31. The van der Waals surface area contributed by atoms with E-state index in [9.17, 15) is 13.6 Å². The molecule has 5 rings (SSSR count). The largest absolute Gasteiger partial charge is 0.494 e. The highest BCUT2D eigenvalue weighted by Crippen LogP contribution is 2.39. The molecule has 0 aliphatic heterocycles. The molecule has 0 spiro atoms. The van der Waals surface area contributed by atoms with Crippen LogP contribution in [0.4, 0.5) is 8.78 Å². The van der Waals surface area contributed by atoms with Crippen LogP contribution in [0.5, 0.6) is 5.75 Å². The number of hydrogen-bond donors (Lipinski definition) is 1. The number of aromatic nitrogens is 2. The number of hydrogen-bond acceptors (Lipinski definition) is 4. The first-order valence-corrected chi connectivity index (χ1v) is 12.6.